The molecule has 1 aromatic heterocycles. The molecule has 1 heterocycles. The minimum absolute atomic E-state index is 0.0761. The summed E-state index contributed by atoms with van der Waals surface area (Å²) in [6.45, 7) is 2.03. The molecule has 0 saturated heterocycles. The molecular formula is C15H15NO2S. The van der Waals surface area contributed by atoms with E-state index in [2.05, 4.69) is 11.1 Å². The van der Waals surface area contributed by atoms with Crippen molar-refractivity contribution in [2.45, 2.75) is 24.0 Å². The van der Waals surface area contributed by atoms with Gasteiger partial charge in [-0.1, -0.05) is 18.2 Å². The van der Waals surface area contributed by atoms with Crippen molar-refractivity contribution in [1.82, 2.24) is 4.98 Å². The molecule has 0 radical (unpaired) electrons. The van der Waals surface area contributed by atoms with E-state index in [1.165, 1.54) is 5.56 Å². The summed E-state index contributed by atoms with van der Waals surface area (Å²) in [7, 11) is 0. The van der Waals surface area contributed by atoms with E-state index in [1.807, 2.05) is 43.6 Å². The largest absolute Gasteiger partial charge is 0.481 e. The minimum atomic E-state index is -0.800. The summed E-state index contributed by atoms with van der Waals surface area (Å²) in [5, 5.41) is 8.70. The van der Waals surface area contributed by atoms with E-state index in [4.69, 9.17) is 5.11 Å². The average Bonchev–Trinajstić information content (AvgIpc) is 2.37. The van der Waals surface area contributed by atoms with Gasteiger partial charge in [-0.25, -0.2) is 0 Å². The molecule has 0 atom stereocenters. The van der Waals surface area contributed by atoms with Crippen LogP contribution < -0.4 is 0 Å². The zero-order valence-corrected chi connectivity index (χ0v) is 11.5. The zero-order valence-electron chi connectivity index (χ0n) is 10.7. The second kappa shape index (κ2) is 6.38. The molecule has 1 aromatic carbocycles. The van der Waals surface area contributed by atoms with Crippen LogP contribution in [0, 0.1) is 6.92 Å². The number of carbonyl (C=O) groups is 1. The van der Waals surface area contributed by atoms with Gasteiger partial charge in [-0.15, -0.1) is 11.8 Å². The molecule has 3 nitrogen and oxygen atoms in total. The SMILES string of the molecule is Cc1cncc(CSc2ccc(CC(=O)O)cc2)c1. The van der Waals surface area contributed by atoms with Crippen LogP contribution in [0.15, 0.2) is 47.6 Å². The Kier molecular flexibility index (Phi) is 4.58. The topological polar surface area (TPSA) is 50.2 Å². The molecule has 0 bridgehead atoms. The van der Waals surface area contributed by atoms with Crippen LogP contribution in [0.25, 0.3) is 0 Å². The van der Waals surface area contributed by atoms with Gasteiger partial charge < -0.3 is 5.11 Å². The maximum Gasteiger partial charge on any atom is 0.307 e. The van der Waals surface area contributed by atoms with E-state index in [0.717, 1.165) is 21.8 Å². The van der Waals surface area contributed by atoms with Crippen molar-refractivity contribution in [1.29, 1.82) is 0 Å². The number of hydrogen-bond donors (Lipinski definition) is 1. The lowest BCUT2D eigenvalue weighted by molar-refractivity contribution is -0.136. The number of hydrogen-bond acceptors (Lipinski definition) is 3. The molecule has 2 rings (SSSR count). The fourth-order valence-electron chi connectivity index (χ4n) is 1.74. The monoisotopic (exact) mass is 273 g/mol. The van der Waals surface area contributed by atoms with Gasteiger partial charge in [0.05, 0.1) is 6.42 Å². The van der Waals surface area contributed by atoms with E-state index < -0.39 is 5.97 Å². The third-order valence-corrected chi connectivity index (χ3v) is 3.70. The van der Waals surface area contributed by atoms with E-state index in [0.29, 0.717) is 0 Å². The Morgan fingerprint density at radius 3 is 2.58 bits per heavy atom. The summed E-state index contributed by atoms with van der Waals surface area (Å²) >= 11 is 1.72. The van der Waals surface area contributed by atoms with Crippen LogP contribution in [0.2, 0.25) is 0 Å². The molecule has 0 aliphatic carbocycles. The van der Waals surface area contributed by atoms with Gasteiger partial charge in [-0.2, -0.15) is 0 Å². The second-order valence-corrected chi connectivity index (χ2v) is 5.42. The number of aromatic nitrogens is 1. The average molecular weight is 273 g/mol. The summed E-state index contributed by atoms with van der Waals surface area (Å²) in [6.07, 6.45) is 3.79. The number of benzene rings is 1. The fourth-order valence-corrected chi connectivity index (χ4v) is 2.56. The molecule has 0 aliphatic rings. The van der Waals surface area contributed by atoms with Gasteiger partial charge in [0, 0.05) is 23.0 Å². The summed E-state index contributed by atoms with van der Waals surface area (Å²) < 4.78 is 0. The Bertz CT molecular complexity index is 567. The maximum atomic E-state index is 10.6. The van der Waals surface area contributed by atoms with Crippen LogP contribution in [-0.4, -0.2) is 16.1 Å². The van der Waals surface area contributed by atoms with Gasteiger partial charge in [0.15, 0.2) is 0 Å². The summed E-state index contributed by atoms with van der Waals surface area (Å²) in [4.78, 5) is 15.9. The summed E-state index contributed by atoms with van der Waals surface area (Å²) in [5.41, 5.74) is 3.18. The van der Waals surface area contributed by atoms with E-state index in [9.17, 15) is 4.79 Å². The number of pyridine rings is 1. The molecule has 0 fully saturated rings. The molecule has 0 spiro atoms. The Hall–Kier alpha value is -1.81. The van der Waals surface area contributed by atoms with Crippen LogP contribution >= 0.6 is 11.8 Å². The van der Waals surface area contributed by atoms with Gasteiger partial charge in [0.25, 0.3) is 0 Å². The van der Waals surface area contributed by atoms with Crippen LogP contribution in [0.5, 0.6) is 0 Å². The molecule has 1 N–H and O–H groups in total. The van der Waals surface area contributed by atoms with Crippen molar-refractivity contribution in [2.24, 2.45) is 0 Å². The Balaban J connectivity index is 1.94. The number of thioether (sulfide) groups is 1. The molecule has 98 valence electrons. The fraction of sp³-hybridized carbons (Fsp3) is 0.200. The Morgan fingerprint density at radius 1 is 1.21 bits per heavy atom. The predicted octanol–water partition coefficient (Wildman–Crippen LogP) is 3.31. The lowest BCUT2D eigenvalue weighted by Gasteiger charge is -2.04. The molecule has 0 aliphatic heterocycles. The quantitative estimate of drug-likeness (QED) is 0.849. The first kappa shape index (κ1) is 13.6. The summed E-state index contributed by atoms with van der Waals surface area (Å²) in [6, 6.07) is 9.78. The lowest BCUT2D eigenvalue weighted by atomic mass is 10.2. The normalized spacial score (nSPS) is 10.4. The molecule has 0 saturated carbocycles. The first-order valence-corrected chi connectivity index (χ1v) is 6.96. The van der Waals surface area contributed by atoms with E-state index in [1.54, 1.807) is 11.8 Å². The van der Waals surface area contributed by atoms with Crippen molar-refractivity contribution in [3.05, 3.63) is 59.4 Å². The van der Waals surface area contributed by atoms with E-state index in [-0.39, 0.29) is 6.42 Å². The molecule has 4 heteroatoms. The summed E-state index contributed by atoms with van der Waals surface area (Å²) in [5.74, 6) is 0.0682. The number of aryl methyl sites for hydroxylation is 1. The predicted molar refractivity (Wildman–Crippen MR) is 76.3 cm³/mol. The smallest absolute Gasteiger partial charge is 0.307 e. The number of carboxylic acid groups (broad SMARTS) is 1. The van der Waals surface area contributed by atoms with Crippen LogP contribution in [0.1, 0.15) is 16.7 Å². The van der Waals surface area contributed by atoms with Gasteiger partial charge in [0.1, 0.15) is 0 Å². The number of rotatable bonds is 5. The molecule has 0 amide bonds. The Labute approximate surface area is 116 Å². The van der Waals surface area contributed by atoms with Crippen molar-refractivity contribution >= 4 is 17.7 Å². The molecule has 0 unspecified atom stereocenters. The van der Waals surface area contributed by atoms with Crippen molar-refractivity contribution in [2.75, 3.05) is 0 Å². The first-order valence-electron chi connectivity index (χ1n) is 5.97. The van der Waals surface area contributed by atoms with E-state index >= 15 is 0 Å². The number of carboxylic acids is 1. The van der Waals surface area contributed by atoms with Gasteiger partial charge in [0.2, 0.25) is 0 Å². The van der Waals surface area contributed by atoms with Gasteiger partial charge in [-0.05, 0) is 35.7 Å². The van der Waals surface area contributed by atoms with Crippen molar-refractivity contribution in [3.63, 3.8) is 0 Å². The standard InChI is InChI=1S/C15H15NO2S/c1-11-6-13(9-16-8-11)10-19-14-4-2-12(3-5-14)7-15(17)18/h2-6,8-9H,7,10H2,1H3,(H,17,18). The lowest BCUT2D eigenvalue weighted by Crippen LogP contribution is -1.99. The minimum Gasteiger partial charge on any atom is -0.481 e. The van der Waals surface area contributed by atoms with Crippen LogP contribution in [0.3, 0.4) is 0 Å². The molecule has 19 heavy (non-hydrogen) atoms. The van der Waals surface area contributed by atoms with Crippen LogP contribution in [-0.2, 0) is 17.0 Å². The Morgan fingerprint density at radius 2 is 1.95 bits per heavy atom. The zero-order chi connectivity index (χ0) is 13.7. The highest BCUT2D eigenvalue weighted by Gasteiger charge is 2.01. The highest BCUT2D eigenvalue weighted by Crippen LogP contribution is 2.23. The third-order valence-electron chi connectivity index (χ3n) is 2.62. The van der Waals surface area contributed by atoms with Gasteiger partial charge >= 0.3 is 5.97 Å². The highest BCUT2D eigenvalue weighted by atomic mass is 32.2. The van der Waals surface area contributed by atoms with Crippen molar-refractivity contribution in [3.8, 4) is 0 Å². The number of aliphatic carboxylic acids is 1. The number of nitrogens with zero attached hydrogens (tertiary/aromatic N) is 1. The van der Waals surface area contributed by atoms with Crippen LogP contribution in [0.4, 0.5) is 0 Å². The highest BCUT2D eigenvalue weighted by molar-refractivity contribution is 7.98. The molecule has 2 aromatic rings. The van der Waals surface area contributed by atoms with Crippen molar-refractivity contribution < 1.29 is 9.90 Å². The second-order valence-electron chi connectivity index (χ2n) is 4.37. The maximum absolute atomic E-state index is 10.6. The molecular weight excluding hydrogens is 258 g/mol. The third kappa shape index (κ3) is 4.41. The first-order chi connectivity index (χ1) is 9.13. The van der Waals surface area contributed by atoms with Gasteiger partial charge in [-0.3, -0.25) is 9.78 Å².